The smallest absolute Gasteiger partial charge is 0.243 e. The number of pyridine rings is 1. The zero-order valence-electron chi connectivity index (χ0n) is 19.3. The fourth-order valence-corrected chi connectivity index (χ4v) is 7.00. The summed E-state index contributed by atoms with van der Waals surface area (Å²) in [7, 11) is -3.44. The van der Waals surface area contributed by atoms with Crippen molar-refractivity contribution in [3.8, 4) is 0 Å². The standard InChI is InChI=1S/C25H34N4O3S/c30-25(27-13-3-1-2-4-14-27)21-8-7-15-28(19-21)24-12-9-20-18-22(10-11-23(20)26-24)33(31,32)29-16-5-6-17-29/h9-12,18,21H,1-8,13-17,19H2. The quantitative estimate of drug-likeness (QED) is 0.682. The SMILES string of the molecule is O=C(C1CCCN(c2ccc3cc(S(=O)(=O)N4CCCC4)ccc3n2)C1)N1CCCCCC1. The Balaban J connectivity index is 1.32. The maximum atomic E-state index is 13.2. The van der Waals surface area contributed by atoms with E-state index in [-0.39, 0.29) is 5.92 Å². The lowest BCUT2D eigenvalue weighted by molar-refractivity contribution is -0.135. The Labute approximate surface area is 196 Å². The molecule has 5 rings (SSSR count). The molecule has 0 aliphatic carbocycles. The number of hydrogen-bond donors (Lipinski definition) is 0. The average molecular weight is 471 g/mol. The zero-order valence-corrected chi connectivity index (χ0v) is 20.1. The van der Waals surface area contributed by atoms with Gasteiger partial charge in [-0.25, -0.2) is 13.4 Å². The van der Waals surface area contributed by atoms with Gasteiger partial charge in [0.05, 0.1) is 16.3 Å². The molecule has 0 saturated carbocycles. The minimum Gasteiger partial charge on any atom is -0.356 e. The van der Waals surface area contributed by atoms with Crippen LogP contribution in [-0.4, -0.2) is 67.8 Å². The van der Waals surface area contributed by atoms with Gasteiger partial charge in [0.25, 0.3) is 0 Å². The van der Waals surface area contributed by atoms with Crippen LogP contribution in [0.2, 0.25) is 0 Å². The predicted molar refractivity (Wildman–Crippen MR) is 130 cm³/mol. The first-order valence-corrected chi connectivity index (χ1v) is 13.9. The van der Waals surface area contributed by atoms with Gasteiger partial charge in [0, 0.05) is 44.7 Å². The van der Waals surface area contributed by atoms with Crippen molar-refractivity contribution in [2.24, 2.45) is 5.92 Å². The topological polar surface area (TPSA) is 73.8 Å². The zero-order chi connectivity index (χ0) is 22.8. The van der Waals surface area contributed by atoms with Crippen molar-refractivity contribution in [2.75, 3.05) is 44.2 Å². The molecule has 0 N–H and O–H groups in total. The highest BCUT2D eigenvalue weighted by Gasteiger charge is 2.31. The molecule has 0 spiro atoms. The number of piperidine rings is 1. The molecular weight excluding hydrogens is 436 g/mol. The van der Waals surface area contributed by atoms with Crippen LogP contribution in [-0.2, 0) is 14.8 Å². The number of likely N-dealkylation sites (tertiary alicyclic amines) is 1. The summed E-state index contributed by atoms with van der Waals surface area (Å²) in [4.78, 5) is 22.6. The highest BCUT2D eigenvalue weighted by molar-refractivity contribution is 7.89. The number of amides is 1. The van der Waals surface area contributed by atoms with Crippen LogP contribution in [0.4, 0.5) is 5.82 Å². The Morgan fingerprint density at radius 2 is 1.58 bits per heavy atom. The molecule has 3 saturated heterocycles. The largest absolute Gasteiger partial charge is 0.356 e. The van der Waals surface area contributed by atoms with Gasteiger partial charge < -0.3 is 9.80 Å². The summed E-state index contributed by atoms with van der Waals surface area (Å²) in [6.07, 6.45) is 8.46. The highest BCUT2D eigenvalue weighted by Crippen LogP contribution is 2.28. The van der Waals surface area contributed by atoms with Gasteiger partial charge in [-0.2, -0.15) is 4.31 Å². The van der Waals surface area contributed by atoms with Gasteiger partial charge in [-0.1, -0.05) is 12.8 Å². The van der Waals surface area contributed by atoms with Gasteiger partial charge in [0.2, 0.25) is 15.9 Å². The molecule has 1 unspecified atom stereocenters. The summed E-state index contributed by atoms with van der Waals surface area (Å²) >= 11 is 0. The van der Waals surface area contributed by atoms with E-state index in [2.05, 4.69) is 9.80 Å². The van der Waals surface area contributed by atoms with E-state index in [1.165, 1.54) is 12.8 Å². The monoisotopic (exact) mass is 470 g/mol. The Hall–Kier alpha value is -2.19. The number of rotatable bonds is 4. The fraction of sp³-hybridized carbons (Fsp3) is 0.600. The first-order valence-electron chi connectivity index (χ1n) is 12.5. The number of carbonyl (C=O) groups is 1. The van der Waals surface area contributed by atoms with E-state index in [0.29, 0.717) is 30.4 Å². The summed E-state index contributed by atoms with van der Waals surface area (Å²) in [6, 6.07) is 9.15. The van der Waals surface area contributed by atoms with Gasteiger partial charge in [0.15, 0.2) is 0 Å². The van der Waals surface area contributed by atoms with Crippen LogP contribution in [0.5, 0.6) is 0 Å². The van der Waals surface area contributed by atoms with Gasteiger partial charge in [-0.05, 0) is 68.9 Å². The summed E-state index contributed by atoms with van der Waals surface area (Å²) < 4.78 is 27.4. The molecule has 0 radical (unpaired) electrons. The molecule has 2 aromatic rings. The molecule has 3 aliphatic rings. The van der Waals surface area contributed by atoms with Crippen molar-refractivity contribution >= 4 is 32.7 Å². The lowest BCUT2D eigenvalue weighted by Gasteiger charge is -2.35. The third-order valence-corrected chi connectivity index (χ3v) is 9.26. The van der Waals surface area contributed by atoms with E-state index in [0.717, 1.165) is 74.9 Å². The number of nitrogens with zero attached hydrogens (tertiary/aromatic N) is 4. The molecule has 1 amide bonds. The molecule has 4 heterocycles. The summed E-state index contributed by atoms with van der Waals surface area (Å²) in [5.74, 6) is 1.20. The summed E-state index contributed by atoms with van der Waals surface area (Å²) in [5.41, 5.74) is 0.786. The van der Waals surface area contributed by atoms with Crippen molar-refractivity contribution in [3.05, 3.63) is 30.3 Å². The molecule has 3 aliphatic heterocycles. The van der Waals surface area contributed by atoms with Crippen LogP contribution in [0.3, 0.4) is 0 Å². The van der Waals surface area contributed by atoms with Gasteiger partial charge in [0.1, 0.15) is 5.82 Å². The molecule has 8 heteroatoms. The lowest BCUT2D eigenvalue weighted by Crippen LogP contribution is -2.45. The average Bonchev–Trinajstić information content (AvgIpc) is 3.27. The van der Waals surface area contributed by atoms with Crippen molar-refractivity contribution in [1.82, 2.24) is 14.2 Å². The first-order chi connectivity index (χ1) is 16.0. The molecule has 33 heavy (non-hydrogen) atoms. The van der Waals surface area contributed by atoms with Crippen LogP contribution < -0.4 is 4.90 Å². The number of anilines is 1. The highest BCUT2D eigenvalue weighted by atomic mass is 32.2. The van der Waals surface area contributed by atoms with Gasteiger partial charge in [-0.3, -0.25) is 4.79 Å². The van der Waals surface area contributed by atoms with E-state index in [1.54, 1.807) is 16.4 Å². The Bertz CT molecular complexity index is 1110. The van der Waals surface area contributed by atoms with Gasteiger partial charge >= 0.3 is 0 Å². The third kappa shape index (κ3) is 4.73. The molecular formula is C25H34N4O3S. The van der Waals surface area contributed by atoms with Crippen LogP contribution in [0, 0.1) is 5.92 Å². The van der Waals surface area contributed by atoms with Crippen molar-refractivity contribution < 1.29 is 13.2 Å². The number of hydrogen-bond acceptors (Lipinski definition) is 5. The molecule has 0 bridgehead atoms. The molecule has 1 atom stereocenters. The second kappa shape index (κ2) is 9.58. The van der Waals surface area contributed by atoms with E-state index < -0.39 is 10.0 Å². The number of fused-ring (bicyclic) bond motifs is 1. The van der Waals surface area contributed by atoms with Crippen LogP contribution in [0.15, 0.2) is 35.2 Å². The second-order valence-electron chi connectivity index (χ2n) is 9.66. The fourth-order valence-electron chi connectivity index (χ4n) is 5.44. The minimum absolute atomic E-state index is 0.0299. The van der Waals surface area contributed by atoms with Crippen molar-refractivity contribution in [2.45, 2.75) is 56.3 Å². The molecule has 3 fully saturated rings. The molecule has 7 nitrogen and oxygen atoms in total. The molecule has 1 aromatic heterocycles. The minimum atomic E-state index is -3.44. The van der Waals surface area contributed by atoms with Gasteiger partial charge in [-0.15, -0.1) is 0 Å². The summed E-state index contributed by atoms with van der Waals surface area (Å²) in [5, 5.41) is 0.827. The van der Waals surface area contributed by atoms with Crippen molar-refractivity contribution in [3.63, 3.8) is 0 Å². The second-order valence-corrected chi connectivity index (χ2v) is 11.6. The number of sulfonamides is 1. The Morgan fingerprint density at radius 3 is 2.33 bits per heavy atom. The number of carbonyl (C=O) groups excluding carboxylic acids is 1. The van der Waals surface area contributed by atoms with E-state index in [1.807, 2.05) is 18.2 Å². The van der Waals surface area contributed by atoms with Crippen LogP contribution >= 0.6 is 0 Å². The van der Waals surface area contributed by atoms with E-state index >= 15 is 0 Å². The third-order valence-electron chi connectivity index (χ3n) is 7.36. The Morgan fingerprint density at radius 1 is 0.848 bits per heavy atom. The summed E-state index contributed by atoms with van der Waals surface area (Å²) in [6.45, 7) is 4.59. The Kier molecular flexibility index (Phi) is 6.56. The van der Waals surface area contributed by atoms with Crippen molar-refractivity contribution in [1.29, 1.82) is 0 Å². The predicted octanol–water partition coefficient (Wildman–Crippen LogP) is 3.64. The maximum Gasteiger partial charge on any atom is 0.243 e. The van der Waals surface area contributed by atoms with E-state index in [9.17, 15) is 13.2 Å². The lowest BCUT2D eigenvalue weighted by atomic mass is 9.96. The number of benzene rings is 1. The normalized spacial score (nSPS) is 23.1. The first kappa shape index (κ1) is 22.6. The number of aromatic nitrogens is 1. The van der Waals surface area contributed by atoms with Crippen LogP contribution in [0.1, 0.15) is 51.4 Å². The van der Waals surface area contributed by atoms with Crippen LogP contribution in [0.25, 0.3) is 10.9 Å². The molecule has 1 aromatic carbocycles. The van der Waals surface area contributed by atoms with E-state index in [4.69, 9.17) is 4.98 Å². The maximum absolute atomic E-state index is 13.2. The molecule has 178 valence electrons.